The van der Waals surface area contributed by atoms with E-state index in [0.29, 0.717) is 5.92 Å². The van der Waals surface area contributed by atoms with Crippen LogP contribution in [0.15, 0.2) is 30.3 Å². The van der Waals surface area contributed by atoms with Crippen LogP contribution in [0, 0.1) is 0 Å². The van der Waals surface area contributed by atoms with E-state index >= 15 is 0 Å². The van der Waals surface area contributed by atoms with Crippen molar-refractivity contribution in [2.24, 2.45) is 0 Å². The summed E-state index contributed by atoms with van der Waals surface area (Å²) in [6.07, 6.45) is 4.39. The molecule has 1 rings (SSSR count). The van der Waals surface area contributed by atoms with Gasteiger partial charge in [0.2, 0.25) is 0 Å². The minimum absolute atomic E-state index is 0.262. The molecule has 78 valence electrons. The van der Waals surface area contributed by atoms with Gasteiger partial charge in [-0.1, -0.05) is 30.3 Å². The van der Waals surface area contributed by atoms with Crippen LogP contribution in [0.1, 0.15) is 24.3 Å². The molecule has 1 unspecified atom stereocenters. The van der Waals surface area contributed by atoms with Gasteiger partial charge >= 0.3 is 0 Å². The van der Waals surface area contributed by atoms with Gasteiger partial charge in [0, 0.05) is 12.5 Å². The Morgan fingerprint density at radius 2 is 2.00 bits per heavy atom. The molecule has 1 aromatic carbocycles. The lowest BCUT2D eigenvalue weighted by Crippen LogP contribution is -2.04. The molecular weight excluding hydrogens is 192 g/mol. The Bertz CT molecular complexity index is 235. The molecule has 0 bridgehead atoms. The summed E-state index contributed by atoms with van der Waals surface area (Å²) in [7, 11) is 0. The minimum atomic E-state index is 0.262. The van der Waals surface area contributed by atoms with Crippen LogP contribution in [0.25, 0.3) is 0 Å². The Labute approximate surface area is 90.5 Å². The maximum Gasteiger partial charge on any atom is 0.0499 e. The van der Waals surface area contributed by atoms with Gasteiger partial charge < -0.3 is 5.11 Å². The summed E-state index contributed by atoms with van der Waals surface area (Å²) < 4.78 is 0. The first-order valence-corrected chi connectivity index (χ1v) is 6.42. The average Bonchev–Trinajstić information content (AvgIpc) is 2.26. The summed E-state index contributed by atoms with van der Waals surface area (Å²) >= 11 is 1.87. The zero-order valence-electron chi connectivity index (χ0n) is 8.65. The van der Waals surface area contributed by atoms with Gasteiger partial charge in [-0.15, -0.1) is 0 Å². The van der Waals surface area contributed by atoms with Crippen LogP contribution in [0.3, 0.4) is 0 Å². The maximum absolute atomic E-state index is 9.27. The van der Waals surface area contributed by atoms with Crippen molar-refractivity contribution in [3.8, 4) is 0 Å². The van der Waals surface area contributed by atoms with Crippen molar-refractivity contribution in [3.63, 3.8) is 0 Å². The molecule has 0 fully saturated rings. The van der Waals surface area contributed by atoms with Gasteiger partial charge in [0.25, 0.3) is 0 Å². The summed E-state index contributed by atoms with van der Waals surface area (Å²) in [6.45, 7) is 0.262. The Balaban J connectivity index is 2.46. The van der Waals surface area contributed by atoms with Gasteiger partial charge in [-0.3, -0.25) is 0 Å². The zero-order valence-corrected chi connectivity index (χ0v) is 9.46. The first-order chi connectivity index (χ1) is 6.88. The number of hydrogen-bond donors (Lipinski definition) is 1. The number of hydrogen-bond acceptors (Lipinski definition) is 2. The van der Waals surface area contributed by atoms with Crippen LogP contribution in [0.5, 0.6) is 0 Å². The molecule has 1 aromatic rings. The number of aliphatic hydroxyl groups is 1. The topological polar surface area (TPSA) is 20.2 Å². The summed E-state index contributed by atoms with van der Waals surface area (Å²) in [5.74, 6) is 1.51. The molecule has 0 aliphatic carbocycles. The van der Waals surface area contributed by atoms with Crippen LogP contribution >= 0.6 is 11.8 Å². The normalized spacial score (nSPS) is 12.7. The van der Waals surface area contributed by atoms with Gasteiger partial charge in [-0.05, 0) is 30.4 Å². The largest absolute Gasteiger partial charge is 0.396 e. The van der Waals surface area contributed by atoms with Crippen molar-refractivity contribution < 1.29 is 5.11 Å². The predicted molar refractivity (Wildman–Crippen MR) is 63.9 cm³/mol. The van der Waals surface area contributed by atoms with Crippen molar-refractivity contribution in [1.82, 2.24) is 0 Å². The molecular formula is C12H18OS. The third-order valence-corrected chi connectivity index (χ3v) is 3.09. The van der Waals surface area contributed by atoms with Crippen LogP contribution in [0.2, 0.25) is 0 Å². The van der Waals surface area contributed by atoms with Crippen LogP contribution in [0.4, 0.5) is 0 Å². The molecule has 1 atom stereocenters. The standard InChI is InChI=1S/C12H18OS/c1-14-9-5-8-12(10-13)11-6-3-2-4-7-11/h2-4,6-7,12-13H,5,8-10H2,1H3. The molecule has 0 saturated heterocycles. The number of rotatable bonds is 6. The van der Waals surface area contributed by atoms with E-state index in [4.69, 9.17) is 0 Å². The van der Waals surface area contributed by atoms with Crippen molar-refractivity contribution in [1.29, 1.82) is 0 Å². The second-order valence-corrected chi connectivity index (χ2v) is 4.41. The van der Waals surface area contributed by atoms with Gasteiger partial charge in [0.15, 0.2) is 0 Å². The summed E-state index contributed by atoms with van der Waals surface area (Å²) in [6, 6.07) is 10.3. The molecule has 0 heterocycles. The lowest BCUT2D eigenvalue weighted by atomic mass is 9.95. The molecule has 0 amide bonds. The number of thioether (sulfide) groups is 1. The third kappa shape index (κ3) is 3.72. The third-order valence-electron chi connectivity index (χ3n) is 2.39. The number of aliphatic hydroxyl groups excluding tert-OH is 1. The van der Waals surface area contributed by atoms with E-state index < -0.39 is 0 Å². The smallest absolute Gasteiger partial charge is 0.0499 e. The van der Waals surface area contributed by atoms with E-state index in [-0.39, 0.29) is 6.61 Å². The molecule has 0 aliphatic rings. The predicted octanol–water partition coefficient (Wildman–Crippen LogP) is 2.91. The monoisotopic (exact) mass is 210 g/mol. The van der Waals surface area contributed by atoms with Crippen LogP contribution < -0.4 is 0 Å². The fourth-order valence-electron chi connectivity index (χ4n) is 1.56. The summed E-state index contributed by atoms with van der Waals surface area (Å²) in [5.41, 5.74) is 1.26. The van der Waals surface area contributed by atoms with Crippen LogP contribution in [-0.4, -0.2) is 23.7 Å². The van der Waals surface area contributed by atoms with Crippen molar-refractivity contribution in [2.45, 2.75) is 18.8 Å². The maximum atomic E-state index is 9.27. The van der Waals surface area contributed by atoms with Gasteiger partial charge in [0.05, 0.1) is 0 Å². The Morgan fingerprint density at radius 3 is 2.57 bits per heavy atom. The van der Waals surface area contributed by atoms with E-state index in [9.17, 15) is 5.11 Å². The lowest BCUT2D eigenvalue weighted by Gasteiger charge is -2.13. The lowest BCUT2D eigenvalue weighted by molar-refractivity contribution is 0.259. The Hall–Kier alpha value is -0.470. The van der Waals surface area contributed by atoms with Crippen molar-refractivity contribution in [3.05, 3.63) is 35.9 Å². The highest BCUT2D eigenvalue weighted by atomic mass is 32.2. The quantitative estimate of drug-likeness (QED) is 0.729. The Kier molecular flexibility index (Phi) is 5.72. The molecule has 1 N–H and O–H groups in total. The molecule has 0 spiro atoms. The van der Waals surface area contributed by atoms with Gasteiger partial charge in [-0.2, -0.15) is 11.8 Å². The van der Waals surface area contributed by atoms with Crippen molar-refractivity contribution in [2.75, 3.05) is 18.6 Å². The van der Waals surface area contributed by atoms with Crippen molar-refractivity contribution >= 4 is 11.8 Å². The highest BCUT2D eigenvalue weighted by molar-refractivity contribution is 7.98. The molecule has 0 radical (unpaired) electrons. The molecule has 14 heavy (non-hydrogen) atoms. The van der Waals surface area contributed by atoms with E-state index in [2.05, 4.69) is 18.4 Å². The molecule has 1 nitrogen and oxygen atoms in total. The molecule has 2 heteroatoms. The molecule has 0 aromatic heterocycles. The highest BCUT2D eigenvalue weighted by Crippen LogP contribution is 2.20. The summed E-state index contributed by atoms with van der Waals surface area (Å²) in [4.78, 5) is 0. The van der Waals surface area contributed by atoms with E-state index in [1.54, 1.807) is 0 Å². The van der Waals surface area contributed by atoms with E-state index in [0.717, 1.165) is 6.42 Å². The summed E-state index contributed by atoms with van der Waals surface area (Å²) in [5, 5.41) is 9.27. The van der Waals surface area contributed by atoms with E-state index in [1.807, 2.05) is 30.0 Å². The second-order valence-electron chi connectivity index (χ2n) is 3.43. The van der Waals surface area contributed by atoms with Crippen LogP contribution in [-0.2, 0) is 0 Å². The van der Waals surface area contributed by atoms with Gasteiger partial charge in [-0.25, -0.2) is 0 Å². The molecule has 0 saturated carbocycles. The number of benzene rings is 1. The average molecular weight is 210 g/mol. The molecule has 0 aliphatic heterocycles. The fourth-order valence-corrected chi connectivity index (χ4v) is 2.02. The highest BCUT2D eigenvalue weighted by Gasteiger charge is 2.08. The minimum Gasteiger partial charge on any atom is -0.396 e. The van der Waals surface area contributed by atoms with Gasteiger partial charge in [0.1, 0.15) is 0 Å². The Morgan fingerprint density at radius 1 is 1.29 bits per heavy atom. The zero-order chi connectivity index (χ0) is 10.2. The van der Waals surface area contributed by atoms with E-state index in [1.165, 1.54) is 17.7 Å². The second kappa shape index (κ2) is 6.91. The SMILES string of the molecule is CSCCCC(CO)c1ccccc1. The first-order valence-electron chi connectivity index (χ1n) is 5.03. The first kappa shape index (κ1) is 11.6. The fraction of sp³-hybridized carbons (Fsp3) is 0.500.